The highest BCUT2D eigenvalue weighted by molar-refractivity contribution is 5.83. The molecule has 2 unspecified atom stereocenters. The third-order valence-electron chi connectivity index (χ3n) is 3.93. The lowest BCUT2D eigenvalue weighted by Crippen LogP contribution is -2.46. The summed E-state index contributed by atoms with van der Waals surface area (Å²) in [7, 11) is 2.97. The molecule has 6 nitrogen and oxygen atoms in total. The van der Waals surface area contributed by atoms with E-state index in [1.807, 2.05) is 20.8 Å². The first kappa shape index (κ1) is 15.1. The maximum atomic E-state index is 12.3. The van der Waals surface area contributed by atoms with Crippen LogP contribution in [0, 0.1) is 5.41 Å². The lowest BCUT2D eigenvalue weighted by Gasteiger charge is -2.29. The number of likely N-dealkylation sites (tertiary alicyclic amines) is 1. The van der Waals surface area contributed by atoms with Gasteiger partial charge in [-0.25, -0.2) is 9.59 Å². The predicted octanol–water partition coefficient (Wildman–Crippen LogP) is 1.57. The van der Waals surface area contributed by atoms with E-state index in [0.29, 0.717) is 13.0 Å². The summed E-state index contributed by atoms with van der Waals surface area (Å²) in [6.07, 6.45) is 0.985. The standard InChI is InChI=1S/C14H23NO5/c1-13(2,3)20-12(17)15-9(11(16)19-5)6-14(8-18-4)7-10(14)15/h9-10H,6-8H2,1-5H3/t9?,10?,14-/m1/s1. The first-order valence-electron chi connectivity index (χ1n) is 6.82. The molecule has 6 heteroatoms. The van der Waals surface area contributed by atoms with Gasteiger partial charge in [-0.2, -0.15) is 0 Å². The van der Waals surface area contributed by atoms with Crippen LogP contribution in [-0.2, 0) is 19.0 Å². The van der Waals surface area contributed by atoms with Crippen LogP contribution in [0.3, 0.4) is 0 Å². The molecule has 1 aliphatic heterocycles. The second kappa shape index (κ2) is 4.91. The molecule has 1 amide bonds. The van der Waals surface area contributed by atoms with Crippen LogP contribution in [-0.4, -0.2) is 55.5 Å². The maximum absolute atomic E-state index is 12.3. The van der Waals surface area contributed by atoms with E-state index in [4.69, 9.17) is 14.2 Å². The molecule has 2 aliphatic rings. The first-order valence-corrected chi connectivity index (χ1v) is 6.82. The summed E-state index contributed by atoms with van der Waals surface area (Å²) in [5, 5.41) is 0. The minimum atomic E-state index is -0.584. The number of carbonyl (C=O) groups is 2. The molecule has 2 fully saturated rings. The van der Waals surface area contributed by atoms with Gasteiger partial charge in [0.1, 0.15) is 11.6 Å². The Morgan fingerprint density at radius 1 is 1.25 bits per heavy atom. The topological polar surface area (TPSA) is 65.1 Å². The molecule has 3 atom stereocenters. The molecule has 0 aromatic heterocycles. The fourth-order valence-corrected chi connectivity index (χ4v) is 3.04. The summed E-state index contributed by atoms with van der Waals surface area (Å²) in [6, 6.07) is -0.551. The quantitative estimate of drug-likeness (QED) is 0.736. The number of nitrogens with zero attached hydrogens (tertiary/aromatic N) is 1. The van der Waals surface area contributed by atoms with Gasteiger partial charge in [0.05, 0.1) is 13.7 Å². The van der Waals surface area contributed by atoms with Crippen LogP contribution in [0.5, 0.6) is 0 Å². The van der Waals surface area contributed by atoms with Gasteiger partial charge in [-0.05, 0) is 33.6 Å². The van der Waals surface area contributed by atoms with Gasteiger partial charge in [0, 0.05) is 18.6 Å². The summed E-state index contributed by atoms with van der Waals surface area (Å²) < 4.78 is 15.4. The molecular formula is C14H23NO5. The van der Waals surface area contributed by atoms with Crippen LogP contribution in [0.1, 0.15) is 33.6 Å². The van der Waals surface area contributed by atoms with Crippen molar-refractivity contribution in [1.29, 1.82) is 0 Å². The number of rotatable bonds is 3. The molecule has 1 saturated carbocycles. The molecule has 2 rings (SSSR count). The fourth-order valence-electron chi connectivity index (χ4n) is 3.04. The SMILES string of the molecule is COC[C@]12CC(C(=O)OC)N(C(=O)OC(C)(C)C)C1C2. The van der Waals surface area contributed by atoms with Crippen LogP contribution < -0.4 is 0 Å². The normalized spacial score (nSPS) is 31.8. The van der Waals surface area contributed by atoms with Crippen LogP contribution in [0.25, 0.3) is 0 Å². The molecule has 0 spiro atoms. The zero-order valence-electron chi connectivity index (χ0n) is 12.8. The van der Waals surface area contributed by atoms with E-state index in [1.54, 1.807) is 7.11 Å². The number of hydrogen-bond acceptors (Lipinski definition) is 5. The van der Waals surface area contributed by atoms with E-state index in [2.05, 4.69) is 0 Å². The molecule has 20 heavy (non-hydrogen) atoms. The Labute approximate surface area is 119 Å². The second-order valence-electron chi connectivity index (χ2n) is 6.65. The highest BCUT2D eigenvalue weighted by atomic mass is 16.6. The van der Waals surface area contributed by atoms with Crippen molar-refractivity contribution in [1.82, 2.24) is 4.90 Å². The number of amides is 1. The number of esters is 1. The Morgan fingerprint density at radius 2 is 1.90 bits per heavy atom. The Hall–Kier alpha value is -1.30. The molecular weight excluding hydrogens is 262 g/mol. The van der Waals surface area contributed by atoms with Gasteiger partial charge in [0.25, 0.3) is 0 Å². The Bertz CT molecular complexity index is 416. The van der Waals surface area contributed by atoms with E-state index in [9.17, 15) is 9.59 Å². The number of methoxy groups -OCH3 is 2. The average Bonchev–Trinajstić information content (AvgIpc) is 2.91. The van der Waals surface area contributed by atoms with E-state index >= 15 is 0 Å². The molecule has 1 aliphatic carbocycles. The average molecular weight is 285 g/mol. The van der Waals surface area contributed by atoms with Crippen molar-refractivity contribution in [3.05, 3.63) is 0 Å². The fraction of sp³-hybridized carbons (Fsp3) is 0.857. The van der Waals surface area contributed by atoms with Crippen LogP contribution in [0.4, 0.5) is 4.79 Å². The van der Waals surface area contributed by atoms with Crippen LogP contribution >= 0.6 is 0 Å². The summed E-state index contributed by atoms with van der Waals surface area (Å²) in [5.74, 6) is -0.390. The summed E-state index contributed by atoms with van der Waals surface area (Å²) in [6.45, 7) is 5.97. The van der Waals surface area contributed by atoms with Crippen molar-refractivity contribution in [3.63, 3.8) is 0 Å². The zero-order chi connectivity index (χ0) is 15.1. The summed E-state index contributed by atoms with van der Waals surface area (Å²) >= 11 is 0. The van der Waals surface area contributed by atoms with Crippen LogP contribution in [0.2, 0.25) is 0 Å². The molecule has 1 heterocycles. The third-order valence-corrected chi connectivity index (χ3v) is 3.93. The number of fused-ring (bicyclic) bond motifs is 1. The summed E-state index contributed by atoms with van der Waals surface area (Å²) in [5.41, 5.74) is -0.691. The van der Waals surface area contributed by atoms with Crippen molar-refractivity contribution in [3.8, 4) is 0 Å². The van der Waals surface area contributed by atoms with Gasteiger partial charge in [0.15, 0.2) is 0 Å². The van der Waals surface area contributed by atoms with E-state index < -0.39 is 23.7 Å². The largest absolute Gasteiger partial charge is 0.467 e. The maximum Gasteiger partial charge on any atom is 0.411 e. The predicted molar refractivity (Wildman–Crippen MR) is 71.2 cm³/mol. The first-order chi connectivity index (χ1) is 9.24. The van der Waals surface area contributed by atoms with Gasteiger partial charge >= 0.3 is 12.1 Å². The molecule has 0 aromatic rings. The van der Waals surface area contributed by atoms with Crippen LogP contribution in [0.15, 0.2) is 0 Å². The number of hydrogen-bond donors (Lipinski definition) is 0. The number of carbonyl (C=O) groups excluding carboxylic acids is 2. The van der Waals surface area contributed by atoms with Crippen molar-refractivity contribution < 1.29 is 23.8 Å². The molecule has 0 radical (unpaired) electrons. The smallest absolute Gasteiger partial charge is 0.411 e. The van der Waals surface area contributed by atoms with Gasteiger partial charge in [-0.3, -0.25) is 4.90 Å². The van der Waals surface area contributed by atoms with Crippen molar-refractivity contribution in [2.24, 2.45) is 5.41 Å². The van der Waals surface area contributed by atoms with Gasteiger partial charge in [-0.1, -0.05) is 0 Å². The van der Waals surface area contributed by atoms with Gasteiger partial charge < -0.3 is 14.2 Å². The molecule has 1 saturated heterocycles. The second-order valence-corrected chi connectivity index (χ2v) is 6.65. The van der Waals surface area contributed by atoms with Gasteiger partial charge in [-0.15, -0.1) is 0 Å². The number of ether oxygens (including phenoxy) is 3. The highest BCUT2D eigenvalue weighted by Gasteiger charge is 2.68. The third kappa shape index (κ3) is 2.61. The highest BCUT2D eigenvalue weighted by Crippen LogP contribution is 2.60. The minimum absolute atomic E-state index is 0.0152. The Balaban J connectivity index is 2.16. The van der Waals surface area contributed by atoms with Crippen molar-refractivity contribution >= 4 is 12.1 Å². The molecule has 114 valence electrons. The molecule has 0 N–H and O–H groups in total. The lowest BCUT2D eigenvalue weighted by molar-refractivity contribution is -0.146. The Kier molecular flexibility index (Phi) is 3.71. The Morgan fingerprint density at radius 3 is 2.40 bits per heavy atom. The molecule has 0 aromatic carbocycles. The van der Waals surface area contributed by atoms with E-state index in [0.717, 1.165) is 6.42 Å². The lowest BCUT2D eigenvalue weighted by atomic mass is 10.0. The van der Waals surface area contributed by atoms with Gasteiger partial charge in [0.2, 0.25) is 0 Å². The number of piperidine rings is 1. The van der Waals surface area contributed by atoms with E-state index in [-0.39, 0.29) is 11.5 Å². The monoisotopic (exact) mass is 285 g/mol. The van der Waals surface area contributed by atoms with Crippen molar-refractivity contribution in [2.45, 2.75) is 51.3 Å². The molecule has 0 bridgehead atoms. The zero-order valence-corrected chi connectivity index (χ0v) is 12.8. The minimum Gasteiger partial charge on any atom is -0.467 e. The summed E-state index contributed by atoms with van der Waals surface area (Å²) in [4.78, 5) is 25.8. The van der Waals surface area contributed by atoms with Crippen molar-refractivity contribution in [2.75, 3.05) is 20.8 Å². The van der Waals surface area contributed by atoms with E-state index in [1.165, 1.54) is 12.0 Å².